The molecule has 0 bridgehead atoms. The molecule has 1 aromatic rings. The fraction of sp³-hybridized carbons (Fsp3) is 0.556. The molecule has 120 valence electrons. The van der Waals surface area contributed by atoms with E-state index in [1.165, 1.54) is 11.1 Å². The van der Waals surface area contributed by atoms with Gasteiger partial charge in [0.2, 0.25) is 5.91 Å². The normalized spacial score (nSPS) is 17.4. The van der Waals surface area contributed by atoms with Crippen molar-refractivity contribution in [3.05, 3.63) is 35.4 Å². The zero-order valence-corrected chi connectivity index (χ0v) is 13.4. The number of rotatable bonds is 7. The van der Waals surface area contributed by atoms with Crippen molar-refractivity contribution in [2.45, 2.75) is 63.8 Å². The molecule has 2 N–H and O–H groups in total. The molecule has 1 amide bonds. The van der Waals surface area contributed by atoms with E-state index < -0.39 is 11.5 Å². The maximum absolute atomic E-state index is 12.3. The molecule has 1 atom stereocenters. The molecule has 0 aliphatic heterocycles. The maximum Gasteiger partial charge on any atom is 0.305 e. The van der Waals surface area contributed by atoms with Crippen molar-refractivity contribution in [1.82, 2.24) is 5.32 Å². The second kappa shape index (κ2) is 6.95. The van der Waals surface area contributed by atoms with Crippen LogP contribution >= 0.6 is 0 Å². The average Bonchev–Trinajstić information content (AvgIpc) is 2.43. The molecular weight excluding hydrogens is 278 g/mol. The SMILES string of the molecule is CCC(CC(=O)NC1(CC(=O)O)CCC1)c1ccc(C)cc1. The lowest BCUT2D eigenvalue weighted by atomic mass is 9.74. The number of carbonyl (C=O) groups excluding carboxylic acids is 1. The summed E-state index contributed by atoms with van der Waals surface area (Å²) in [6, 6.07) is 8.28. The Hall–Kier alpha value is -1.84. The minimum absolute atomic E-state index is 0.0278. The minimum Gasteiger partial charge on any atom is -0.481 e. The van der Waals surface area contributed by atoms with Gasteiger partial charge in [-0.25, -0.2) is 0 Å². The van der Waals surface area contributed by atoms with Crippen molar-refractivity contribution >= 4 is 11.9 Å². The third-order valence-electron chi connectivity index (χ3n) is 4.68. The van der Waals surface area contributed by atoms with Gasteiger partial charge in [-0.05, 0) is 44.1 Å². The van der Waals surface area contributed by atoms with Crippen LogP contribution in [0.2, 0.25) is 0 Å². The summed E-state index contributed by atoms with van der Waals surface area (Å²) in [4.78, 5) is 23.3. The lowest BCUT2D eigenvalue weighted by Gasteiger charge is -2.41. The fourth-order valence-electron chi connectivity index (χ4n) is 3.15. The highest BCUT2D eigenvalue weighted by molar-refractivity contribution is 5.79. The molecule has 2 rings (SSSR count). The Morgan fingerprint density at radius 1 is 1.27 bits per heavy atom. The number of nitrogens with one attached hydrogen (secondary N) is 1. The van der Waals surface area contributed by atoms with Gasteiger partial charge in [-0.2, -0.15) is 0 Å². The van der Waals surface area contributed by atoms with Gasteiger partial charge >= 0.3 is 5.97 Å². The molecule has 0 radical (unpaired) electrons. The van der Waals surface area contributed by atoms with E-state index in [-0.39, 0.29) is 18.2 Å². The van der Waals surface area contributed by atoms with Crippen molar-refractivity contribution in [1.29, 1.82) is 0 Å². The minimum atomic E-state index is -0.842. The summed E-state index contributed by atoms with van der Waals surface area (Å²) in [5.41, 5.74) is 1.87. The van der Waals surface area contributed by atoms with E-state index in [0.29, 0.717) is 6.42 Å². The summed E-state index contributed by atoms with van der Waals surface area (Å²) >= 11 is 0. The second-order valence-electron chi connectivity index (χ2n) is 6.47. The molecule has 1 aliphatic rings. The Balaban J connectivity index is 1.97. The highest BCUT2D eigenvalue weighted by Gasteiger charge is 2.40. The van der Waals surface area contributed by atoms with Crippen molar-refractivity contribution in [2.24, 2.45) is 0 Å². The lowest BCUT2D eigenvalue weighted by Crippen LogP contribution is -2.54. The van der Waals surface area contributed by atoms with Gasteiger partial charge in [0, 0.05) is 6.42 Å². The summed E-state index contributed by atoms with van der Waals surface area (Å²) in [5.74, 6) is -0.693. The van der Waals surface area contributed by atoms with Crippen LogP contribution < -0.4 is 5.32 Å². The van der Waals surface area contributed by atoms with Crippen molar-refractivity contribution in [3.63, 3.8) is 0 Å². The van der Waals surface area contributed by atoms with Gasteiger partial charge in [0.05, 0.1) is 12.0 Å². The van der Waals surface area contributed by atoms with E-state index >= 15 is 0 Å². The number of carboxylic acid groups (broad SMARTS) is 1. The number of carboxylic acids is 1. The average molecular weight is 303 g/mol. The molecule has 4 heteroatoms. The van der Waals surface area contributed by atoms with Crippen molar-refractivity contribution in [3.8, 4) is 0 Å². The van der Waals surface area contributed by atoms with Gasteiger partial charge in [-0.15, -0.1) is 0 Å². The lowest BCUT2D eigenvalue weighted by molar-refractivity contribution is -0.140. The van der Waals surface area contributed by atoms with E-state index in [9.17, 15) is 9.59 Å². The molecule has 4 nitrogen and oxygen atoms in total. The second-order valence-corrected chi connectivity index (χ2v) is 6.47. The first kappa shape index (κ1) is 16.5. The number of hydrogen-bond acceptors (Lipinski definition) is 2. The highest BCUT2D eigenvalue weighted by atomic mass is 16.4. The number of hydrogen-bond donors (Lipinski definition) is 2. The first-order valence-electron chi connectivity index (χ1n) is 8.03. The van der Waals surface area contributed by atoms with Gasteiger partial charge in [0.15, 0.2) is 0 Å². The highest BCUT2D eigenvalue weighted by Crippen LogP contribution is 2.35. The molecular formula is C18H25NO3. The zero-order valence-electron chi connectivity index (χ0n) is 13.4. The van der Waals surface area contributed by atoms with Gasteiger partial charge in [-0.3, -0.25) is 9.59 Å². The number of aliphatic carboxylic acids is 1. The van der Waals surface area contributed by atoms with Crippen LogP contribution in [0.1, 0.15) is 62.5 Å². The maximum atomic E-state index is 12.3. The van der Waals surface area contributed by atoms with Crippen LogP contribution in [0, 0.1) is 6.92 Å². The molecule has 0 spiro atoms. The first-order valence-corrected chi connectivity index (χ1v) is 8.03. The predicted molar refractivity (Wildman–Crippen MR) is 85.8 cm³/mol. The van der Waals surface area contributed by atoms with E-state index in [1.807, 2.05) is 6.92 Å². The fourth-order valence-corrected chi connectivity index (χ4v) is 3.15. The molecule has 1 saturated carbocycles. The molecule has 1 aliphatic carbocycles. The standard InChI is InChI=1S/C18H25NO3/c1-3-14(15-7-5-13(2)6-8-15)11-16(20)19-18(9-4-10-18)12-17(21)22/h5-8,14H,3-4,9-12H2,1-2H3,(H,19,20)(H,21,22). The molecule has 1 aromatic carbocycles. The van der Waals surface area contributed by atoms with Crippen LogP contribution in [0.25, 0.3) is 0 Å². The third kappa shape index (κ3) is 4.09. The Kier molecular flexibility index (Phi) is 5.22. The Bertz CT molecular complexity index is 532. The molecule has 0 heterocycles. The third-order valence-corrected chi connectivity index (χ3v) is 4.68. The molecule has 1 unspecified atom stereocenters. The van der Waals surface area contributed by atoms with Crippen molar-refractivity contribution in [2.75, 3.05) is 0 Å². The van der Waals surface area contributed by atoms with E-state index in [2.05, 4.69) is 36.5 Å². The summed E-state index contributed by atoms with van der Waals surface area (Å²) < 4.78 is 0. The topological polar surface area (TPSA) is 66.4 Å². The van der Waals surface area contributed by atoms with Crippen LogP contribution in [0.3, 0.4) is 0 Å². The van der Waals surface area contributed by atoms with E-state index in [0.717, 1.165) is 25.7 Å². The van der Waals surface area contributed by atoms with Gasteiger partial charge in [-0.1, -0.05) is 36.8 Å². The van der Waals surface area contributed by atoms with Gasteiger partial charge < -0.3 is 10.4 Å². The monoisotopic (exact) mass is 303 g/mol. The Morgan fingerprint density at radius 2 is 1.91 bits per heavy atom. The summed E-state index contributed by atoms with van der Waals surface area (Å²) in [6.07, 6.45) is 3.87. The van der Waals surface area contributed by atoms with Crippen LogP contribution in [0.4, 0.5) is 0 Å². The smallest absolute Gasteiger partial charge is 0.305 e. The molecule has 22 heavy (non-hydrogen) atoms. The zero-order chi connectivity index (χ0) is 16.2. The Labute approximate surface area is 131 Å². The van der Waals surface area contributed by atoms with Crippen LogP contribution in [-0.2, 0) is 9.59 Å². The number of carbonyl (C=O) groups is 2. The van der Waals surface area contributed by atoms with Gasteiger partial charge in [0.25, 0.3) is 0 Å². The summed E-state index contributed by atoms with van der Waals surface area (Å²) in [7, 11) is 0. The predicted octanol–water partition coefficient (Wildman–Crippen LogP) is 3.39. The summed E-state index contributed by atoms with van der Waals surface area (Å²) in [5, 5.41) is 12.0. The van der Waals surface area contributed by atoms with Crippen LogP contribution in [-0.4, -0.2) is 22.5 Å². The molecule has 1 fully saturated rings. The van der Waals surface area contributed by atoms with E-state index in [4.69, 9.17) is 5.11 Å². The molecule has 0 saturated heterocycles. The summed E-state index contributed by atoms with van der Waals surface area (Å²) in [6.45, 7) is 4.12. The van der Waals surface area contributed by atoms with Gasteiger partial charge in [0.1, 0.15) is 0 Å². The number of amides is 1. The largest absolute Gasteiger partial charge is 0.481 e. The van der Waals surface area contributed by atoms with E-state index in [1.54, 1.807) is 0 Å². The number of benzene rings is 1. The first-order chi connectivity index (χ1) is 10.4. The Morgan fingerprint density at radius 3 is 2.36 bits per heavy atom. The quantitative estimate of drug-likeness (QED) is 0.811. The van der Waals surface area contributed by atoms with Crippen LogP contribution in [0.5, 0.6) is 0 Å². The molecule has 0 aromatic heterocycles. The number of aryl methyl sites for hydroxylation is 1. The van der Waals surface area contributed by atoms with Crippen LogP contribution in [0.15, 0.2) is 24.3 Å². The van der Waals surface area contributed by atoms with Crippen molar-refractivity contribution < 1.29 is 14.7 Å².